The Morgan fingerprint density at radius 1 is 1.23 bits per heavy atom. The van der Waals surface area contributed by atoms with E-state index in [0.717, 1.165) is 23.0 Å². The molecular formula is C22H28FN5O3. The molecule has 0 fully saturated rings. The number of anilines is 2. The van der Waals surface area contributed by atoms with Gasteiger partial charge in [-0.1, -0.05) is 0 Å². The van der Waals surface area contributed by atoms with Gasteiger partial charge in [0, 0.05) is 12.1 Å². The normalized spacial score (nSPS) is 11.0. The van der Waals surface area contributed by atoms with Gasteiger partial charge in [-0.2, -0.15) is 10.4 Å². The van der Waals surface area contributed by atoms with Crippen LogP contribution in [0.4, 0.5) is 20.6 Å². The van der Waals surface area contributed by atoms with Crippen LogP contribution in [0.3, 0.4) is 0 Å². The fourth-order valence-electron chi connectivity index (χ4n) is 3.06. The second-order valence-electron chi connectivity index (χ2n) is 8.15. The third-order valence-electron chi connectivity index (χ3n) is 4.46. The van der Waals surface area contributed by atoms with Crippen molar-refractivity contribution in [3.05, 3.63) is 41.0 Å². The molecule has 2 rings (SSSR count). The minimum atomic E-state index is -0.703. The smallest absolute Gasteiger partial charge is 0.412 e. The molecule has 0 aliphatic carbocycles. The van der Waals surface area contributed by atoms with Gasteiger partial charge < -0.3 is 10.1 Å². The van der Waals surface area contributed by atoms with E-state index >= 15 is 0 Å². The molecule has 0 aliphatic rings. The van der Waals surface area contributed by atoms with E-state index in [-0.39, 0.29) is 23.7 Å². The van der Waals surface area contributed by atoms with Crippen LogP contribution in [-0.4, -0.2) is 27.4 Å². The maximum atomic E-state index is 13.7. The highest BCUT2D eigenvalue weighted by atomic mass is 19.1. The first-order chi connectivity index (χ1) is 14.5. The van der Waals surface area contributed by atoms with Crippen molar-refractivity contribution in [3.8, 4) is 6.07 Å². The number of nitriles is 1. The van der Waals surface area contributed by atoms with Gasteiger partial charge in [0.05, 0.1) is 36.1 Å². The SMILES string of the molecule is Cc1nn(CCC#N)c(C)c1CCC(=O)Nc1cc(F)ccc1NC(=O)OC(C)(C)C. The number of halogens is 1. The zero-order valence-electron chi connectivity index (χ0n) is 18.5. The first-order valence-corrected chi connectivity index (χ1v) is 9.99. The monoisotopic (exact) mass is 429 g/mol. The summed E-state index contributed by atoms with van der Waals surface area (Å²) in [6, 6.07) is 5.78. The van der Waals surface area contributed by atoms with E-state index in [2.05, 4.69) is 21.8 Å². The van der Waals surface area contributed by atoms with Crippen molar-refractivity contribution in [3.63, 3.8) is 0 Å². The highest BCUT2D eigenvalue weighted by Crippen LogP contribution is 2.24. The Bertz CT molecular complexity index is 1000. The van der Waals surface area contributed by atoms with E-state index in [9.17, 15) is 14.0 Å². The summed E-state index contributed by atoms with van der Waals surface area (Å²) in [7, 11) is 0. The number of carbonyl (C=O) groups excluding carboxylic acids is 2. The molecule has 0 aliphatic heterocycles. The van der Waals surface area contributed by atoms with Crippen molar-refractivity contribution in [2.75, 3.05) is 10.6 Å². The van der Waals surface area contributed by atoms with Crippen LogP contribution in [0, 0.1) is 31.0 Å². The van der Waals surface area contributed by atoms with Crippen molar-refractivity contribution in [2.24, 2.45) is 0 Å². The summed E-state index contributed by atoms with van der Waals surface area (Å²) in [4.78, 5) is 24.6. The number of benzene rings is 1. The quantitative estimate of drug-likeness (QED) is 0.675. The van der Waals surface area contributed by atoms with Gasteiger partial charge >= 0.3 is 6.09 Å². The van der Waals surface area contributed by atoms with Gasteiger partial charge in [-0.3, -0.25) is 14.8 Å². The molecule has 0 unspecified atom stereocenters. The predicted octanol–water partition coefficient (Wildman–Crippen LogP) is 4.47. The van der Waals surface area contributed by atoms with Gasteiger partial charge in [-0.25, -0.2) is 9.18 Å². The molecule has 0 spiro atoms. The predicted molar refractivity (Wildman–Crippen MR) is 115 cm³/mol. The second kappa shape index (κ2) is 10.1. The Morgan fingerprint density at radius 2 is 1.94 bits per heavy atom. The Kier molecular flexibility index (Phi) is 7.75. The maximum Gasteiger partial charge on any atom is 0.412 e. The number of aromatic nitrogens is 2. The number of aryl methyl sites for hydroxylation is 2. The summed E-state index contributed by atoms with van der Waals surface area (Å²) in [5, 5.41) is 18.4. The maximum absolute atomic E-state index is 13.7. The van der Waals surface area contributed by atoms with Crippen LogP contribution >= 0.6 is 0 Å². The lowest BCUT2D eigenvalue weighted by Gasteiger charge is -2.20. The van der Waals surface area contributed by atoms with Crippen molar-refractivity contribution in [1.29, 1.82) is 5.26 Å². The lowest BCUT2D eigenvalue weighted by molar-refractivity contribution is -0.116. The first kappa shape index (κ1) is 23.9. The van der Waals surface area contributed by atoms with E-state index in [4.69, 9.17) is 10.00 Å². The minimum Gasteiger partial charge on any atom is -0.444 e. The number of nitrogens with zero attached hydrogens (tertiary/aromatic N) is 3. The first-order valence-electron chi connectivity index (χ1n) is 9.99. The number of nitrogens with one attached hydrogen (secondary N) is 2. The summed E-state index contributed by atoms with van der Waals surface area (Å²) in [6.45, 7) is 9.45. The van der Waals surface area contributed by atoms with E-state index in [1.165, 1.54) is 12.1 Å². The highest BCUT2D eigenvalue weighted by Gasteiger charge is 2.19. The van der Waals surface area contributed by atoms with Crippen molar-refractivity contribution in [2.45, 2.75) is 66.0 Å². The molecule has 0 saturated heterocycles. The molecule has 9 heteroatoms. The third kappa shape index (κ3) is 7.10. The number of amides is 2. The molecule has 166 valence electrons. The number of rotatable bonds is 7. The van der Waals surface area contributed by atoms with Crippen LogP contribution < -0.4 is 10.6 Å². The molecule has 0 bridgehead atoms. The van der Waals surface area contributed by atoms with Crippen LogP contribution in [0.1, 0.15) is 50.6 Å². The van der Waals surface area contributed by atoms with Crippen LogP contribution in [0.15, 0.2) is 18.2 Å². The molecule has 0 radical (unpaired) electrons. The molecule has 2 amide bonds. The van der Waals surface area contributed by atoms with Gasteiger partial charge in [0.1, 0.15) is 11.4 Å². The minimum absolute atomic E-state index is 0.147. The van der Waals surface area contributed by atoms with Crippen LogP contribution in [0.5, 0.6) is 0 Å². The molecule has 0 atom stereocenters. The standard InChI is InChI=1S/C22H28FN5O3/c1-14-17(15(2)28(27-14)12-6-11-24)8-10-20(29)25-19-13-16(23)7-9-18(19)26-21(30)31-22(3,4)5/h7,9,13H,6,8,10,12H2,1-5H3,(H,25,29)(H,26,30). The molecule has 31 heavy (non-hydrogen) atoms. The summed E-state index contributed by atoms with van der Waals surface area (Å²) < 4.78 is 20.7. The molecule has 2 aromatic rings. The van der Waals surface area contributed by atoms with E-state index < -0.39 is 17.5 Å². The van der Waals surface area contributed by atoms with Gasteiger partial charge in [0.2, 0.25) is 5.91 Å². The van der Waals surface area contributed by atoms with Crippen molar-refractivity contribution < 1.29 is 18.7 Å². The van der Waals surface area contributed by atoms with Crippen LogP contribution in [0.2, 0.25) is 0 Å². The van der Waals surface area contributed by atoms with Crippen LogP contribution in [0.25, 0.3) is 0 Å². The molecular weight excluding hydrogens is 401 g/mol. The van der Waals surface area contributed by atoms with Crippen molar-refractivity contribution >= 4 is 23.4 Å². The molecule has 1 aromatic heterocycles. The molecule has 1 aromatic carbocycles. The van der Waals surface area contributed by atoms with Gasteiger partial charge in [-0.05, 0) is 64.8 Å². The van der Waals surface area contributed by atoms with Gasteiger partial charge in [-0.15, -0.1) is 0 Å². The average Bonchev–Trinajstić information content (AvgIpc) is 2.92. The number of ether oxygens (including phenoxy) is 1. The Balaban J connectivity index is 2.06. The highest BCUT2D eigenvalue weighted by molar-refractivity contribution is 5.97. The summed E-state index contributed by atoms with van der Waals surface area (Å²) >= 11 is 0. The summed E-state index contributed by atoms with van der Waals surface area (Å²) in [5.41, 5.74) is 2.36. The fraction of sp³-hybridized carbons (Fsp3) is 0.455. The van der Waals surface area contributed by atoms with Crippen molar-refractivity contribution in [1.82, 2.24) is 9.78 Å². The molecule has 0 saturated carbocycles. The summed E-state index contributed by atoms with van der Waals surface area (Å²) in [6.07, 6.45) is 0.244. The van der Waals surface area contributed by atoms with Gasteiger partial charge in [0.15, 0.2) is 0 Å². The average molecular weight is 429 g/mol. The van der Waals surface area contributed by atoms with E-state index in [1.807, 2.05) is 13.8 Å². The number of hydrogen-bond donors (Lipinski definition) is 2. The Labute approximate surface area is 181 Å². The lowest BCUT2D eigenvalue weighted by Crippen LogP contribution is -2.27. The largest absolute Gasteiger partial charge is 0.444 e. The molecule has 1 heterocycles. The topological polar surface area (TPSA) is 109 Å². The van der Waals surface area contributed by atoms with Crippen LogP contribution in [-0.2, 0) is 22.5 Å². The zero-order valence-corrected chi connectivity index (χ0v) is 18.5. The zero-order chi connectivity index (χ0) is 23.2. The lowest BCUT2D eigenvalue weighted by atomic mass is 10.1. The Morgan fingerprint density at radius 3 is 2.58 bits per heavy atom. The molecule has 2 N–H and O–H groups in total. The van der Waals surface area contributed by atoms with Gasteiger partial charge in [0.25, 0.3) is 0 Å². The molecule has 8 nitrogen and oxygen atoms in total. The summed E-state index contributed by atoms with van der Waals surface area (Å²) in [5.74, 6) is -0.878. The van der Waals surface area contributed by atoms with E-state index in [1.54, 1.807) is 25.5 Å². The van der Waals surface area contributed by atoms with E-state index in [0.29, 0.717) is 19.4 Å². The Hall–Kier alpha value is -3.41. The number of hydrogen-bond acceptors (Lipinski definition) is 5. The number of carbonyl (C=O) groups is 2. The fourth-order valence-corrected chi connectivity index (χ4v) is 3.06. The third-order valence-corrected chi connectivity index (χ3v) is 4.46. The second-order valence-corrected chi connectivity index (χ2v) is 8.15.